The van der Waals surface area contributed by atoms with Crippen LogP contribution in [0.2, 0.25) is 0 Å². The van der Waals surface area contributed by atoms with Gasteiger partial charge >= 0.3 is 0 Å². The average Bonchev–Trinajstić information content (AvgIpc) is 2.25. The highest BCUT2D eigenvalue weighted by atomic mass is 16.7. The molecule has 0 aromatic heterocycles. The Hall–Kier alpha value is -0.0800. The summed E-state index contributed by atoms with van der Waals surface area (Å²) in [6.45, 7) is -1.71. The van der Waals surface area contributed by atoms with Gasteiger partial charge in [-0.1, -0.05) is 26.1 Å². The van der Waals surface area contributed by atoms with E-state index in [0.717, 1.165) is 32.3 Å². The molecule has 1 aliphatic rings. The minimum atomic E-state index is -1.84. The van der Waals surface area contributed by atoms with Gasteiger partial charge in [-0.05, 0) is 25.7 Å². The Labute approximate surface area is 87.2 Å². The van der Waals surface area contributed by atoms with Crippen LogP contribution in [0.5, 0.6) is 0 Å². The van der Waals surface area contributed by atoms with Crippen LogP contribution in [0.3, 0.4) is 0 Å². The standard InChI is InChI=1S/C11H22O2/c1-2-3-4-6-9-12-11-8-5-7-10-13-11/h11H,2-10H2,1H3/i1D3,9D. The van der Waals surface area contributed by atoms with E-state index in [4.69, 9.17) is 15.0 Å². The Morgan fingerprint density at radius 2 is 2.46 bits per heavy atom. The molecule has 2 atom stereocenters. The second-order valence-electron chi connectivity index (χ2n) is 3.34. The van der Waals surface area contributed by atoms with Gasteiger partial charge in [0.15, 0.2) is 6.29 Å². The summed E-state index contributed by atoms with van der Waals surface area (Å²) in [6.07, 6.45) is 4.95. The van der Waals surface area contributed by atoms with Gasteiger partial charge in [0.2, 0.25) is 0 Å². The number of rotatable bonds is 6. The van der Waals surface area contributed by atoms with Gasteiger partial charge in [0.1, 0.15) is 0 Å². The van der Waals surface area contributed by atoms with Gasteiger partial charge in [-0.15, -0.1) is 0 Å². The molecule has 1 heterocycles. The van der Waals surface area contributed by atoms with Crippen LogP contribution in [0.4, 0.5) is 0 Å². The molecule has 0 bridgehead atoms. The fraction of sp³-hybridized carbons (Fsp3) is 1.00. The van der Waals surface area contributed by atoms with Crippen LogP contribution < -0.4 is 0 Å². The summed E-state index contributed by atoms with van der Waals surface area (Å²) in [5.41, 5.74) is 0. The monoisotopic (exact) mass is 190 g/mol. The molecule has 0 N–H and O–H groups in total. The Balaban J connectivity index is 2.02. The van der Waals surface area contributed by atoms with Crippen molar-refractivity contribution in [2.75, 3.05) is 13.2 Å². The van der Waals surface area contributed by atoms with Crippen molar-refractivity contribution in [2.24, 2.45) is 0 Å². The molecule has 0 radical (unpaired) electrons. The van der Waals surface area contributed by atoms with Crippen LogP contribution in [0.15, 0.2) is 0 Å². The molecule has 2 heteroatoms. The molecule has 1 saturated heterocycles. The maximum absolute atomic E-state index is 7.70. The first-order valence-electron chi connectivity index (χ1n) is 7.24. The first-order valence-corrected chi connectivity index (χ1v) is 5.17. The van der Waals surface area contributed by atoms with Gasteiger partial charge in [0.05, 0.1) is 1.37 Å². The van der Waals surface area contributed by atoms with Crippen molar-refractivity contribution in [3.8, 4) is 0 Å². The fourth-order valence-electron chi connectivity index (χ4n) is 1.35. The summed E-state index contributed by atoms with van der Waals surface area (Å²) in [5.74, 6) is 0. The minimum absolute atomic E-state index is 0.222. The number of ether oxygens (including phenoxy) is 2. The summed E-state index contributed by atoms with van der Waals surface area (Å²) in [7, 11) is 0. The zero-order chi connectivity index (χ0) is 12.7. The summed E-state index contributed by atoms with van der Waals surface area (Å²) >= 11 is 0. The largest absolute Gasteiger partial charge is 0.353 e. The van der Waals surface area contributed by atoms with E-state index in [1.54, 1.807) is 0 Å². The van der Waals surface area contributed by atoms with E-state index < -0.39 is 13.4 Å². The Morgan fingerprint density at radius 3 is 3.23 bits per heavy atom. The van der Waals surface area contributed by atoms with Crippen molar-refractivity contribution in [1.82, 2.24) is 0 Å². The van der Waals surface area contributed by atoms with E-state index in [9.17, 15) is 0 Å². The van der Waals surface area contributed by atoms with E-state index in [1.807, 2.05) is 0 Å². The molecule has 1 fully saturated rings. The zero-order valence-electron chi connectivity index (χ0n) is 12.1. The van der Waals surface area contributed by atoms with Crippen molar-refractivity contribution in [2.45, 2.75) is 58.1 Å². The molecular formula is C11H22O2. The van der Waals surface area contributed by atoms with Crippen molar-refractivity contribution < 1.29 is 15.0 Å². The SMILES string of the molecule is [2H]C(CCCCC([2H])([2H])[2H])OC1CCCCO1. The van der Waals surface area contributed by atoms with E-state index in [-0.39, 0.29) is 12.7 Å². The molecular weight excluding hydrogens is 164 g/mol. The molecule has 1 rings (SSSR count). The van der Waals surface area contributed by atoms with Gasteiger partial charge in [-0.3, -0.25) is 0 Å². The average molecular weight is 190 g/mol. The summed E-state index contributed by atoms with van der Waals surface area (Å²) in [4.78, 5) is 0. The predicted molar refractivity (Wildman–Crippen MR) is 53.7 cm³/mol. The molecule has 1 aliphatic heterocycles. The summed E-state index contributed by atoms with van der Waals surface area (Å²) < 4.78 is 39.7. The van der Waals surface area contributed by atoms with E-state index in [0.29, 0.717) is 12.8 Å². The van der Waals surface area contributed by atoms with Gasteiger partial charge < -0.3 is 9.47 Å². The molecule has 0 amide bonds. The molecule has 0 aliphatic carbocycles. The lowest BCUT2D eigenvalue weighted by Gasteiger charge is -2.22. The predicted octanol–water partition coefficient (Wildman–Crippen LogP) is 3.11. The molecule has 13 heavy (non-hydrogen) atoms. The normalized spacial score (nSPS) is 31.2. The first-order chi connectivity index (χ1) is 7.97. The smallest absolute Gasteiger partial charge is 0.157 e. The van der Waals surface area contributed by atoms with Crippen molar-refractivity contribution in [3.63, 3.8) is 0 Å². The maximum atomic E-state index is 7.70. The van der Waals surface area contributed by atoms with Gasteiger partial charge in [0, 0.05) is 17.3 Å². The van der Waals surface area contributed by atoms with Crippen LogP contribution in [0, 0.1) is 0 Å². The second kappa shape index (κ2) is 7.34. The topological polar surface area (TPSA) is 18.5 Å². The summed E-state index contributed by atoms with van der Waals surface area (Å²) in [6, 6.07) is 0. The molecule has 0 aromatic rings. The Morgan fingerprint density at radius 1 is 1.46 bits per heavy atom. The highest BCUT2D eigenvalue weighted by Gasteiger charge is 2.12. The third-order valence-electron chi connectivity index (χ3n) is 2.13. The first kappa shape index (κ1) is 6.41. The highest BCUT2D eigenvalue weighted by molar-refractivity contribution is 4.53. The van der Waals surface area contributed by atoms with Crippen molar-refractivity contribution >= 4 is 0 Å². The number of unbranched alkanes of at least 4 members (excludes halogenated alkanes) is 1. The van der Waals surface area contributed by atoms with Crippen LogP contribution in [-0.2, 0) is 9.47 Å². The molecule has 2 nitrogen and oxygen atoms in total. The van der Waals surface area contributed by atoms with Crippen molar-refractivity contribution in [3.05, 3.63) is 0 Å². The third kappa shape index (κ3) is 5.27. The van der Waals surface area contributed by atoms with E-state index >= 15 is 0 Å². The molecule has 0 saturated carbocycles. The van der Waals surface area contributed by atoms with Crippen LogP contribution >= 0.6 is 0 Å². The maximum Gasteiger partial charge on any atom is 0.157 e. The van der Waals surface area contributed by atoms with Gasteiger partial charge in [0.25, 0.3) is 0 Å². The van der Waals surface area contributed by atoms with Gasteiger partial charge in [-0.25, -0.2) is 0 Å². The highest BCUT2D eigenvalue weighted by Crippen LogP contribution is 2.14. The number of hydrogen-bond donors (Lipinski definition) is 0. The Bertz CT molecular complexity index is 202. The quantitative estimate of drug-likeness (QED) is 0.599. The van der Waals surface area contributed by atoms with Crippen LogP contribution in [0.25, 0.3) is 0 Å². The third-order valence-corrected chi connectivity index (χ3v) is 2.13. The Kier molecular flexibility index (Phi) is 3.62. The van der Waals surface area contributed by atoms with E-state index in [1.165, 1.54) is 0 Å². The summed E-state index contributed by atoms with van der Waals surface area (Å²) in [5, 5.41) is 0. The molecule has 0 aromatic carbocycles. The lowest BCUT2D eigenvalue weighted by atomic mass is 10.2. The van der Waals surface area contributed by atoms with E-state index in [2.05, 4.69) is 0 Å². The van der Waals surface area contributed by atoms with Crippen LogP contribution in [-0.4, -0.2) is 19.5 Å². The lowest BCUT2D eigenvalue weighted by Crippen LogP contribution is -2.22. The molecule has 2 unspecified atom stereocenters. The zero-order valence-corrected chi connectivity index (χ0v) is 8.13. The molecule has 0 spiro atoms. The molecule has 78 valence electrons. The van der Waals surface area contributed by atoms with Crippen LogP contribution in [0.1, 0.15) is 57.3 Å². The second-order valence-corrected chi connectivity index (χ2v) is 3.34. The number of hydrogen-bond acceptors (Lipinski definition) is 2. The van der Waals surface area contributed by atoms with Gasteiger partial charge in [-0.2, -0.15) is 0 Å². The fourth-order valence-corrected chi connectivity index (χ4v) is 1.35. The lowest BCUT2D eigenvalue weighted by molar-refractivity contribution is -0.162. The minimum Gasteiger partial charge on any atom is -0.353 e. The van der Waals surface area contributed by atoms with Crippen molar-refractivity contribution in [1.29, 1.82) is 0 Å².